The second-order valence-electron chi connectivity index (χ2n) is 8.29. The highest BCUT2D eigenvalue weighted by atomic mass is 32.1. The molecule has 135 valence electrons. The molecule has 0 spiro atoms. The molecule has 2 rings (SSSR count). The highest BCUT2D eigenvalue weighted by molar-refractivity contribution is 7.80. The van der Waals surface area contributed by atoms with Crippen LogP contribution in [-0.4, -0.2) is 13.2 Å². The largest absolute Gasteiger partial charge is 0.490 e. The van der Waals surface area contributed by atoms with Gasteiger partial charge in [0, 0.05) is 0 Å². The molecule has 0 amide bonds. The average Bonchev–Trinajstić information content (AvgIpc) is 2.51. The molecule has 0 heterocycles. The van der Waals surface area contributed by atoms with E-state index in [2.05, 4.69) is 46.8 Å². The Morgan fingerprint density at radius 2 is 1.48 bits per heavy atom. The smallest absolute Gasteiger partial charge is 0.137 e. The van der Waals surface area contributed by atoms with Gasteiger partial charge in [-0.2, -0.15) is 0 Å². The first-order valence-corrected chi connectivity index (χ1v) is 9.20. The van der Waals surface area contributed by atoms with Gasteiger partial charge in [-0.1, -0.05) is 71.5 Å². The summed E-state index contributed by atoms with van der Waals surface area (Å²) in [5, 5.41) is 0. The Bertz CT molecular complexity index is 672. The Morgan fingerprint density at radius 3 is 2.08 bits per heavy atom. The lowest BCUT2D eigenvalue weighted by Crippen LogP contribution is -2.24. The zero-order valence-electron chi connectivity index (χ0n) is 16.0. The zero-order chi connectivity index (χ0) is 18.5. The minimum absolute atomic E-state index is 0.0841. The van der Waals surface area contributed by atoms with Crippen LogP contribution < -0.4 is 9.47 Å². The van der Waals surface area contributed by atoms with Crippen LogP contribution in [0.15, 0.2) is 53.4 Å². The van der Waals surface area contributed by atoms with Crippen LogP contribution >= 0.6 is 12.6 Å². The summed E-state index contributed by atoms with van der Waals surface area (Å²) in [4.78, 5) is 0.763. The van der Waals surface area contributed by atoms with Crippen molar-refractivity contribution >= 4 is 12.6 Å². The van der Waals surface area contributed by atoms with Crippen LogP contribution in [0.4, 0.5) is 0 Å². The predicted octanol–water partition coefficient (Wildman–Crippen LogP) is 6.41. The lowest BCUT2D eigenvalue weighted by atomic mass is 9.72. The van der Waals surface area contributed by atoms with Gasteiger partial charge in [-0.15, -0.1) is 0 Å². The van der Waals surface area contributed by atoms with E-state index in [1.165, 1.54) is 5.56 Å². The van der Waals surface area contributed by atoms with Gasteiger partial charge in [-0.05, 0) is 47.1 Å². The van der Waals surface area contributed by atoms with Gasteiger partial charge in [-0.3, -0.25) is 0 Å². The van der Waals surface area contributed by atoms with Crippen molar-refractivity contribution in [2.24, 2.45) is 5.41 Å². The monoisotopic (exact) mass is 357 g/mol. The molecule has 0 aromatic heterocycles. The van der Waals surface area contributed by atoms with E-state index in [9.17, 15) is 0 Å². The molecule has 0 unspecified atom stereocenters. The topological polar surface area (TPSA) is 18.5 Å². The van der Waals surface area contributed by atoms with Gasteiger partial charge >= 0.3 is 0 Å². The van der Waals surface area contributed by atoms with E-state index in [4.69, 9.17) is 22.1 Å². The lowest BCUT2D eigenvalue weighted by Gasteiger charge is -2.33. The lowest BCUT2D eigenvalue weighted by molar-refractivity contribution is 0.214. The second kappa shape index (κ2) is 8.09. The van der Waals surface area contributed by atoms with Crippen LogP contribution in [0.3, 0.4) is 0 Å². The van der Waals surface area contributed by atoms with Gasteiger partial charge in [0.2, 0.25) is 0 Å². The maximum absolute atomic E-state index is 5.80. The van der Waals surface area contributed by atoms with Crippen molar-refractivity contribution in [3.05, 3.63) is 54.1 Å². The number of para-hydroxylation sites is 1. The van der Waals surface area contributed by atoms with E-state index in [0.717, 1.165) is 22.8 Å². The maximum atomic E-state index is 5.80. The summed E-state index contributed by atoms with van der Waals surface area (Å²) < 4.78 is 11.4. The highest BCUT2D eigenvalue weighted by Gasteiger charge is 2.27. The molecule has 0 saturated heterocycles. The third-order valence-electron chi connectivity index (χ3n) is 4.05. The second-order valence-corrected chi connectivity index (χ2v) is 8.73. The van der Waals surface area contributed by atoms with Crippen LogP contribution in [0, 0.1) is 5.41 Å². The van der Waals surface area contributed by atoms with Crippen molar-refractivity contribution < 1.29 is 9.47 Å². The molecule has 0 fully saturated rings. The van der Waals surface area contributed by atoms with Gasteiger partial charge < -0.3 is 9.47 Å². The minimum atomic E-state index is 0.0841. The summed E-state index contributed by atoms with van der Waals surface area (Å²) in [7, 11) is 0. The first-order valence-electron chi connectivity index (χ1n) is 8.80. The van der Waals surface area contributed by atoms with E-state index in [1.807, 2.05) is 36.4 Å². The van der Waals surface area contributed by atoms with Crippen molar-refractivity contribution in [3.8, 4) is 11.5 Å². The molecule has 3 heteroatoms. The standard InChI is InChI=1S/C22H29O2S/c1-21(2,3)16-22(4,5)17-11-12-19(20(25)15-17)24-14-13-23-18-9-7-6-8-10-18/h6-12,15H,13-14,16H2,1-5H3. The summed E-state index contributed by atoms with van der Waals surface area (Å²) in [6.07, 6.45) is 1.10. The highest BCUT2D eigenvalue weighted by Crippen LogP contribution is 2.38. The van der Waals surface area contributed by atoms with Gasteiger partial charge in [0.1, 0.15) is 24.7 Å². The van der Waals surface area contributed by atoms with E-state index in [-0.39, 0.29) is 10.8 Å². The van der Waals surface area contributed by atoms with E-state index in [1.54, 1.807) is 0 Å². The molecule has 0 bridgehead atoms. The molecule has 0 N–H and O–H groups in total. The predicted molar refractivity (Wildman–Crippen MR) is 107 cm³/mol. The third-order valence-corrected chi connectivity index (χ3v) is 4.37. The van der Waals surface area contributed by atoms with E-state index in [0.29, 0.717) is 13.2 Å². The minimum Gasteiger partial charge on any atom is -0.490 e. The molecule has 2 aromatic carbocycles. The van der Waals surface area contributed by atoms with Crippen molar-refractivity contribution in [3.63, 3.8) is 0 Å². The van der Waals surface area contributed by atoms with Crippen LogP contribution in [0.5, 0.6) is 11.5 Å². The van der Waals surface area contributed by atoms with E-state index >= 15 is 0 Å². The number of hydrogen-bond donors (Lipinski definition) is 0. The molecule has 25 heavy (non-hydrogen) atoms. The summed E-state index contributed by atoms with van der Waals surface area (Å²) in [5.74, 6) is 1.60. The first kappa shape index (κ1) is 19.6. The fraction of sp³-hybridized carbons (Fsp3) is 0.455. The summed E-state index contributed by atoms with van der Waals surface area (Å²) in [6, 6.07) is 15.9. The Labute approximate surface area is 158 Å². The molecular formula is C22H29O2S. The Kier molecular flexibility index (Phi) is 6.34. The molecule has 0 aliphatic rings. The third kappa shape index (κ3) is 6.24. The van der Waals surface area contributed by atoms with Crippen LogP contribution in [0.2, 0.25) is 0 Å². The van der Waals surface area contributed by atoms with Gasteiger partial charge in [0.15, 0.2) is 0 Å². The van der Waals surface area contributed by atoms with Gasteiger partial charge in [0.25, 0.3) is 0 Å². The van der Waals surface area contributed by atoms with Crippen LogP contribution in [0.25, 0.3) is 0 Å². The number of rotatable bonds is 7. The van der Waals surface area contributed by atoms with E-state index < -0.39 is 0 Å². The van der Waals surface area contributed by atoms with Crippen molar-refractivity contribution in [1.82, 2.24) is 0 Å². The zero-order valence-corrected chi connectivity index (χ0v) is 16.8. The Morgan fingerprint density at radius 1 is 0.840 bits per heavy atom. The van der Waals surface area contributed by atoms with Crippen molar-refractivity contribution in [2.75, 3.05) is 13.2 Å². The summed E-state index contributed by atoms with van der Waals surface area (Å²) >= 11 is 5.53. The summed E-state index contributed by atoms with van der Waals surface area (Å²) in [6.45, 7) is 12.3. The Balaban J connectivity index is 1.93. The molecule has 2 aromatic rings. The molecule has 0 saturated carbocycles. The van der Waals surface area contributed by atoms with Crippen LogP contribution in [-0.2, 0) is 5.41 Å². The molecule has 0 aliphatic heterocycles. The molecule has 0 atom stereocenters. The Hall–Kier alpha value is -1.74. The van der Waals surface area contributed by atoms with Crippen molar-refractivity contribution in [2.45, 2.75) is 51.3 Å². The first-order chi connectivity index (χ1) is 11.7. The summed E-state index contributed by atoms with van der Waals surface area (Å²) in [5.41, 5.74) is 1.62. The fourth-order valence-electron chi connectivity index (χ4n) is 3.30. The normalized spacial score (nSPS) is 12.0. The molecule has 1 radical (unpaired) electrons. The fourth-order valence-corrected chi connectivity index (χ4v) is 3.56. The van der Waals surface area contributed by atoms with Crippen molar-refractivity contribution in [1.29, 1.82) is 0 Å². The van der Waals surface area contributed by atoms with Gasteiger partial charge in [0.05, 0.1) is 4.90 Å². The molecule has 0 aliphatic carbocycles. The number of hydrogen-bond acceptors (Lipinski definition) is 2. The average molecular weight is 358 g/mol. The molecule has 2 nitrogen and oxygen atoms in total. The van der Waals surface area contributed by atoms with Crippen LogP contribution in [0.1, 0.15) is 46.6 Å². The quantitative estimate of drug-likeness (QED) is 0.533. The number of benzene rings is 2. The molecular weight excluding hydrogens is 328 g/mol. The SMILES string of the molecule is CC(C)(C)CC(C)(C)c1ccc(OCCOc2ccccc2)c([S])c1. The number of ether oxygens (including phenoxy) is 2. The maximum Gasteiger partial charge on any atom is 0.137 e. The van der Waals surface area contributed by atoms with Gasteiger partial charge in [-0.25, -0.2) is 0 Å².